The number of hydrogen-bond donors (Lipinski definition) is 6. The summed E-state index contributed by atoms with van der Waals surface area (Å²) < 4.78 is 23.1. The van der Waals surface area contributed by atoms with Crippen molar-refractivity contribution in [3.05, 3.63) is 82.9 Å². The Morgan fingerprint density at radius 2 is 1.60 bits per heavy atom. The highest BCUT2D eigenvalue weighted by atomic mass is 16.6. The molecule has 0 spiro atoms. The van der Waals surface area contributed by atoms with Crippen LogP contribution < -0.4 is 5.32 Å². The van der Waals surface area contributed by atoms with E-state index in [1.54, 1.807) is 56.3 Å². The molecule has 2 aromatic rings. The van der Waals surface area contributed by atoms with Gasteiger partial charge in [-0.1, -0.05) is 62.4 Å². The topological polar surface area (TPSA) is 218 Å². The molecule has 9 unspecified atom stereocenters. The number of carbonyl (C=O) groups is 4. The molecule has 55 heavy (non-hydrogen) atoms. The van der Waals surface area contributed by atoms with Gasteiger partial charge in [0, 0.05) is 24.2 Å². The first-order valence-electron chi connectivity index (χ1n) is 18.7. The lowest BCUT2D eigenvalue weighted by Gasteiger charge is -2.66. The number of amides is 1. The standard InChI is InChI=1S/C41H49NO13/c1-21-25(54-36(48)31(45)29(23-15-16-23)42-37(49)52-19-22-11-7-5-8-12-22)18-41(51)34(55-35(47)24-13-9-6-10-14-24)32-39(4,26(43)17-27-40(32,50)20-53-27)33(46)30(44)28(21)38(41,2)3/h5-14,23,25-27,29-32,34,43-45,50-51H,15-20H2,1-4H3,(H,42,49)/t25?,26?,27?,29?,30?,31?,32?,34?,39-,40+,41?/m1/s1. The average Bonchev–Trinajstić information content (AvgIpc) is 4.01. The average molecular weight is 764 g/mol. The summed E-state index contributed by atoms with van der Waals surface area (Å²) in [5.41, 5.74) is -6.66. The van der Waals surface area contributed by atoms with Gasteiger partial charge in [-0.05, 0) is 61.4 Å². The Morgan fingerprint density at radius 3 is 2.20 bits per heavy atom. The van der Waals surface area contributed by atoms with Gasteiger partial charge >= 0.3 is 18.0 Å². The maximum atomic E-state index is 14.7. The lowest BCUT2D eigenvalue weighted by molar-refractivity contribution is -0.343. The minimum absolute atomic E-state index is 0.0218. The van der Waals surface area contributed by atoms with Gasteiger partial charge in [0.05, 0.1) is 35.8 Å². The molecule has 296 valence electrons. The van der Waals surface area contributed by atoms with E-state index >= 15 is 0 Å². The van der Waals surface area contributed by atoms with Crippen molar-refractivity contribution >= 4 is 23.8 Å². The van der Waals surface area contributed by atoms with Crippen LogP contribution in [-0.2, 0) is 35.1 Å². The van der Waals surface area contributed by atoms with Crippen LogP contribution in [0.4, 0.5) is 4.79 Å². The zero-order valence-corrected chi connectivity index (χ0v) is 31.2. The molecule has 1 heterocycles. The van der Waals surface area contributed by atoms with E-state index in [0.717, 1.165) is 5.56 Å². The van der Waals surface area contributed by atoms with Gasteiger partial charge in [-0.3, -0.25) is 4.79 Å². The molecule has 14 heteroatoms. The fourth-order valence-corrected chi connectivity index (χ4v) is 9.54. The number of Topliss-reactive ketones (excluding diaryl/α,β-unsaturated/α-hetero) is 1. The number of aliphatic hydroxyl groups excluding tert-OH is 3. The van der Waals surface area contributed by atoms with Crippen LogP contribution >= 0.6 is 0 Å². The third kappa shape index (κ3) is 6.36. The van der Waals surface area contributed by atoms with Crippen LogP contribution in [0, 0.1) is 22.7 Å². The van der Waals surface area contributed by atoms with E-state index < -0.39 is 101 Å². The molecule has 3 saturated carbocycles. The fraction of sp³-hybridized carbons (Fsp3) is 0.561. The SMILES string of the molecule is CC1=C2C(O)C(=O)[C@]3(C)C(O)CC4OC[C@@]4(O)C3C(OC(=O)c3ccccc3)C(O)(CC1OC(=O)C(O)C(NC(=O)OCc1ccccc1)C1CC1)C2(C)C. The highest BCUT2D eigenvalue weighted by Crippen LogP contribution is 2.63. The van der Waals surface area contributed by atoms with E-state index in [2.05, 4.69) is 5.32 Å². The number of esters is 2. The predicted molar refractivity (Wildman–Crippen MR) is 192 cm³/mol. The number of benzene rings is 2. The highest BCUT2D eigenvalue weighted by Gasteiger charge is 2.76. The van der Waals surface area contributed by atoms with Gasteiger partial charge in [-0.2, -0.15) is 0 Å². The van der Waals surface area contributed by atoms with Crippen LogP contribution in [0.1, 0.15) is 69.3 Å². The van der Waals surface area contributed by atoms with Gasteiger partial charge in [-0.25, -0.2) is 14.4 Å². The van der Waals surface area contributed by atoms with Crippen molar-refractivity contribution in [1.82, 2.24) is 5.32 Å². The maximum Gasteiger partial charge on any atom is 0.407 e. The summed E-state index contributed by atoms with van der Waals surface area (Å²) in [5, 5.41) is 63.0. The lowest BCUT2D eigenvalue weighted by Crippen LogP contribution is -2.81. The molecular formula is C41H49NO13. The number of hydrogen-bond acceptors (Lipinski definition) is 13. The summed E-state index contributed by atoms with van der Waals surface area (Å²) in [6.45, 7) is 5.70. The number of nitrogens with one attached hydrogen (secondary N) is 1. The van der Waals surface area contributed by atoms with Crippen molar-refractivity contribution < 1.29 is 63.7 Å². The zero-order chi connectivity index (χ0) is 39.7. The number of fused-ring (bicyclic) bond motifs is 5. The first-order chi connectivity index (χ1) is 25.9. The van der Waals surface area contributed by atoms with Crippen molar-refractivity contribution in [3.63, 3.8) is 0 Å². The van der Waals surface area contributed by atoms with Gasteiger partial charge in [-0.15, -0.1) is 0 Å². The van der Waals surface area contributed by atoms with Crippen LogP contribution in [0.15, 0.2) is 71.8 Å². The number of ketones is 1. The third-order valence-corrected chi connectivity index (χ3v) is 13.1. The highest BCUT2D eigenvalue weighted by molar-refractivity contribution is 5.94. The molecule has 5 aliphatic rings. The van der Waals surface area contributed by atoms with Crippen molar-refractivity contribution in [2.24, 2.45) is 22.7 Å². The van der Waals surface area contributed by atoms with E-state index in [0.29, 0.717) is 12.8 Å². The summed E-state index contributed by atoms with van der Waals surface area (Å²) in [4.78, 5) is 55.2. The Morgan fingerprint density at radius 1 is 0.964 bits per heavy atom. The molecule has 1 aliphatic heterocycles. The Balaban J connectivity index is 1.24. The van der Waals surface area contributed by atoms with E-state index in [1.165, 1.54) is 26.0 Å². The molecule has 0 aromatic heterocycles. The quantitative estimate of drug-likeness (QED) is 0.123. The molecule has 11 atom stereocenters. The van der Waals surface area contributed by atoms with Gasteiger partial charge < -0.3 is 49.8 Å². The van der Waals surface area contributed by atoms with Gasteiger partial charge in [0.15, 0.2) is 11.9 Å². The minimum Gasteiger partial charge on any atom is -0.456 e. The molecule has 1 saturated heterocycles. The lowest BCUT2D eigenvalue weighted by atomic mass is 9.44. The van der Waals surface area contributed by atoms with E-state index in [4.69, 9.17) is 18.9 Å². The van der Waals surface area contributed by atoms with Gasteiger partial charge in [0.2, 0.25) is 0 Å². The number of carbonyl (C=O) groups excluding carboxylic acids is 4. The molecule has 7 rings (SSSR count). The smallest absolute Gasteiger partial charge is 0.407 e. The molecule has 14 nitrogen and oxygen atoms in total. The number of alkyl carbamates (subject to hydrolysis) is 1. The Hall–Kier alpha value is -4.18. The summed E-state index contributed by atoms with van der Waals surface area (Å²) in [6, 6.07) is 15.8. The molecule has 4 fully saturated rings. The van der Waals surface area contributed by atoms with Gasteiger partial charge in [0.25, 0.3) is 0 Å². The Kier molecular flexibility index (Phi) is 10.0. The Labute approximate surface area is 318 Å². The van der Waals surface area contributed by atoms with Crippen molar-refractivity contribution in [2.45, 2.75) is 114 Å². The van der Waals surface area contributed by atoms with Crippen LogP contribution in [0.2, 0.25) is 0 Å². The van der Waals surface area contributed by atoms with Gasteiger partial charge in [0.1, 0.15) is 36.1 Å². The molecule has 1 amide bonds. The van der Waals surface area contributed by atoms with Crippen LogP contribution in [0.25, 0.3) is 0 Å². The van der Waals surface area contributed by atoms with Crippen LogP contribution in [-0.4, -0.2) is 110 Å². The predicted octanol–water partition coefficient (Wildman–Crippen LogP) is 2.13. The minimum atomic E-state index is -2.28. The first kappa shape index (κ1) is 39.1. The van der Waals surface area contributed by atoms with Crippen molar-refractivity contribution in [3.8, 4) is 0 Å². The third-order valence-electron chi connectivity index (χ3n) is 13.1. The molecule has 0 radical (unpaired) electrons. The molecule has 2 bridgehead atoms. The maximum absolute atomic E-state index is 14.7. The molecule has 2 aromatic carbocycles. The first-order valence-corrected chi connectivity index (χ1v) is 18.7. The summed E-state index contributed by atoms with van der Waals surface area (Å²) in [5.74, 6) is -4.67. The number of aliphatic hydroxyl groups is 5. The fourth-order valence-electron chi connectivity index (χ4n) is 9.54. The second-order valence-corrected chi connectivity index (χ2v) is 16.6. The zero-order valence-electron chi connectivity index (χ0n) is 31.2. The monoisotopic (exact) mass is 763 g/mol. The van der Waals surface area contributed by atoms with Crippen LogP contribution in [0.3, 0.4) is 0 Å². The normalized spacial score (nSPS) is 36.1. The van der Waals surface area contributed by atoms with E-state index in [-0.39, 0.29) is 42.3 Å². The number of ether oxygens (including phenoxy) is 4. The molecular weight excluding hydrogens is 714 g/mol. The molecule has 4 aliphatic carbocycles. The second-order valence-electron chi connectivity index (χ2n) is 16.6. The second kappa shape index (κ2) is 14.1. The van der Waals surface area contributed by atoms with E-state index in [1.807, 2.05) is 6.07 Å². The summed E-state index contributed by atoms with van der Waals surface area (Å²) in [7, 11) is 0. The van der Waals surface area contributed by atoms with Crippen molar-refractivity contribution in [2.75, 3.05) is 6.61 Å². The van der Waals surface area contributed by atoms with Crippen molar-refractivity contribution in [1.29, 1.82) is 0 Å². The van der Waals surface area contributed by atoms with E-state index in [9.17, 15) is 44.7 Å². The van der Waals surface area contributed by atoms with Crippen LogP contribution in [0.5, 0.6) is 0 Å². The molecule has 6 N–H and O–H groups in total. The summed E-state index contributed by atoms with van der Waals surface area (Å²) in [6.07, 6.45) is -9.64. The Bertz CT molecular complexity index is 1860. The summed E-state index contributed by atoms with van der Waals surface area (Å²) >= 11 is 0. The number of rotatable bonds is 9. The largest absolute Gasteiger partial charge is 0.456 e.